The number of aryl methyl sites for hydroxylation is 1. The molecule has 0 spiro atoms. The van der Waals surface area contributed by atoms with Crippen molar-refractivity contribution in [3.8, 4) is 0 Å². The van der Waals surface area contributed by atoms with Crippen LogP contribution >= 0.6 is 0 Å². The van der Waals surface area contributed by atoms with Gasteiger partial charge >= 0.3 is 0 Å². The summed E-state index contributed by atoms with van der Waals surface area (Å²) in [6, 6.07) is 5.43. The molecule has 1 aliphatic heterocycles. The smallest absolute Gasteiger partial charge is 0.103 e. The van der Waals surface area contributed by atoms with Crippen LogP contribution < -0.4 is 5.32 Å². The summed E-state index contributed by atoms with van der Waals surface area (Å²) in [5, 5.41) is 3.38. The van der Waals surface area contributed by atoms with E-state index in [2.05, 4.69) is 30.3 Å². The molecule has 2 rings (SSSR count). The number of hydrogen-bond donors (Lipinski definition) is 1. The number of rotatable bonds is 5. The number of likely N-dealkylation sites (tertiary alicyclic amines) is 1. The minimum absolute atomic E-state index is 0.665. The molecule has 0 amide bonds. The molecule has 1 atom stereocenters. The highest BCUT2D eigenvalue weighted by molar-refractivity contribution is 4.98. The lowest BCUT2D eigenvalue weighted by molar-refractivity contribution is 0.147. The quantitative estimate of drug-likeness (QED) is 0.850. The Hall–Kier alpha value is -0.800. The molecule has 0 saturated carbocycles. The Morgan fingerprint density at radius 1 is 1.47 bits per heavy atom. The van der Waals surface area contributed by atoms with Crippen molar-refractivity contribution in [2.75, 3.05) is 20.1 Å². The fourth-order valence-electron chi connectivity index (χ4n) is 2.62. The summed E-state index contributed by atoms with van der Waals surface area (Å²) in [7, 11) is 2.07. The van der Waals surface area contributed by atoms with Crippen molar-refractivity contribution in [1.29, 1.82) is 0 Å². The fraction of sp³-hybridized carbons (Fsp3) is 0.714. The molecule has 1 aromatic rings. The van der Waals surface area contributed by atoms with Gasteiger partial charge in [0.25, 0.3) is 0 Å². The van der Waals surface area contributed by atoms with Gasteiger partial charge in [0.15, 0.2) is 0 Å². The molecule has 1 saturated heterocycles. The second-order valence-corrected chi connectivity index (χ2v) is 5.07. The fourth-order valence-corrected chi connectivity index (χ4v) is 2.62. The van der Waals surface area contributed by atoms with E-state index >= 15 is 0 Å². The Labute approximate surface area is 104 Å². The lowest BCUT2D eigenvalue weighted by Crippen LogP contribution is -2.45. The lowest BCUT2D eigenvalue weighted by atomic mass is 10.0. The van der Waals surface area contributed by atoms with E-state index in [0.29, 0.717) is 6.04 Å². The molecule has 0 aromatic carbocycles. The zero-order valence-corrected chi connectivity index (χ0v) is 11.0. The molecule has 0 bridgehead atoms. The average Bonchev–Trinajstić information content (AvgIpc) is 2.89. The summed E-state index contributed by atoms with van der Waals surface area (Å²) in [5.74, 6) is 1.11. The Bertz CT molecular complexity index is 302. The zero-order chi connectivity index (χ0) is 12.1. The molecular formula is C14H24N2O. The first-order valence-corrected chi connectivity index (χ1v) is 6.73. The third kappa shape index (κ3) is 3.58. The van der Waals surface area contributed by atoms with Gasteiger partial charge in [0.05, 0.1) is 6.26 Å². The summed E-state index contributed by atoms with van der Waals surface area (Å²) >= 11 is 0. The van der Waals surface area contributed by atoms with Crippen LogP contribution in [0.5, 0.6) is 0 Å². The third-order valence-electron chi connectivity index (χ3n) is 3.95. The van der Waals surface area contributed by atoms with Gasteiger partial charge in [-0.05, 0) is 58.5 Å². The molecule has 2 heterocycles. The first kappa shape index (κ1) is 12.7. The van der Waals surface area contributed by atoms with Crippen molar-refractivity contribution in [1.82, 2.24) is 10.2 Å². The van der Waals surface area contributed by atoms with Crippen LogP contribution in [0.3, 0.4) is 0 Å². The maximum absolute atomic E-state index is 5.38. The van der Waals surface area contributed by atoms with Crippen molar-refractivity contribution in [3.63, 3.8) is 0 Å². The minimum atomic E-state index is 0.665. The highest BCUT2D eigenvalue weighted by atomic mass is 16.3. The van der Waals surface area contributed by atoms with Crippen molar-refractivity contribution in [2.24, 2.45) is 0 Å². The van der Waals surface area contributed by atoms with Gasteiger partial charge in [0.2, 0.25) is 0 Å². The van der Waals surface area contributed by atoms with E-state index in [0.717, 1.165) is 18.2 Å². The predicted molar refractivity (Wildman–Crippen MR) is 70.1 cm³/mol. The minimum Gasteiger partial charge on any atom is -0.469 e. The van der Waals surface area contributed by atoms with Gasteiger partial charge in [-0.15, -0.1) is 0 Å². The Morgan fingerprint density at radius 2 is 2.24 bits per heavy atom. The van der Waals surface area contributed by atoms with Crippen molar-refractivity contribution in [3.05, 3.63) is 24.2 Å². The van der Waals surface area contributed by atoms with Gasteiger partial charge < -0.3 is 14.6 Å². The number of furan rings is 1. The summed E-state index contributed by atoms with van der Waals surface area (Å²) in [4.78, 5) is 2.61. The number of nitrogens with zero attached hydrogens (tertiary/aromatic N) is 1. The molecule has 3 heteroatoms. The lowest BCUT2D eigenvalue weighted by Gasteiger charge is -2.35. The largest absolute Gasteiger partial charge is 0.469 e. The average molecular weight is 236 g/mol. The second-order valence-electron chi connectivity index (χ2n) is 5.07. The Kier molecular flexibility index (Phi) is 4.63. The van der Waals surface area contributed by atoms with E-state index in [-0.39, 0.29) is 0 Å². The molecule has 3 nitrogen and oxygen atoms in total. The number of hydrogen-bond acceptors (Lipinski definition) is 3. The topological polar surface area (TPSA) is 28.4 Å². The van der Waals surface area contributed by atoms with E-state index in [1.807, 2.05) is 6.07 Å². The third-order valence-corrected chi connectivity index (χ3v) is 3.95. The van der Waals surface area contributed by atoms with Gasteiger partial charge in [-0.3, -0.25) is 0 Å². The molecule has 17 heavy (non-hydrogen) atoms. The maximum Gasteiger partial charge on any atom is 0.103 e. The van der Waals surface area contributed by atoms with Crippen LogP contribution in [0.25, 0.3) is 0 Å². The highest BCUT2D eigenvalue weighted by Crippen LogP contribution is 2.16. The van der Waals surface area contributed by atoms with Crippen LogP contribution in [0.15, 0.2) is 22.8 Å². The summed E-state index contributed by atoms with van der Waals surface area (Å²) in [6.45, 7) is 4.79. The van der Waals surface area contributed by atoms with Crippen molar-refractivity contribution < 1.29 is 4.42 Å². The first-order valence-electron chi connectivity index (χ1n) is 6.73. The van der Waals surface area contributed by atoms with Crippen LogP contribution in [-0.4, -0.2) is 37.1 Å². The second kappa shape index (κ2) is 6.22. The SMILES string of the molecule is CNC1CCN(C(C)CCc2ccco2)CC1. The standard InChI is InChI=1S/C14H24N2O/c1-12(5-6-14-4-3-11-17-14)16-9-7-13(15-2)8-10-16/h3-4,11-13,15H,5-10H2,1-2H3. The van der Waals surface area contributed by atoms with Gasteiger partial charge in [-0.25, -0.2) is 0 Å². The monoisotopic (exact) mass is 236 g/mol. The van der Waals surface area contributed by atoms with Crippen LogP contribution in [-0.2, 0) is 6.42 Å². The van der Waals surface area contributed by atoms with E-state index in [9.17, 15) is 0 Å². The zero-order valence-electron chi connectivity index (χ0n) is 11.0. The maximum atomic E-state index is 5.38. The van der Waals surface area contributed by atoms with E-state index in [1.54, 1.807) is 6.26 Å². The van der Waals surface area contributed by atoms with E-state index in [1.165, 1.54) is 32.4 Å². The van der Waals surface area contributed by atoms with Crippen LogP contribution in [0.4, 0.5) is 0 Å². The van der Waals surface area contributed by atoms with Gasteiger partial charge in [0, 0.05) is 18.5 Å². The molecule has 96 valence electrons. The van der Waals surface area contributed by atoms with Crippen LogP contribution in [0.2, 0.25) is 0 Å². The highest BCUT2D eigenvalue weighted by Gasteiger charge is 2.21. The molecule has 1 aromatic heterocycles. The predicted octanol–water partition coefficient (Wildman–Crippen LogP) is 2.28. The van der Waals surface area contributed by atoms with E-state index < -0.39 is 0 Å². The molecule has 1 unspecified atom stereocenters. The van der Waals surface area contributed by atoms with Gasteiger partial charge in [-0.1, -0.05) is 0 Å². The molecule has 0 aliphatic carbocycles. The Morgan fingerprint density at radius 3 is 2.82 bits per heavy atom. The van der Waals surface area contributed by atoms with Gasteiger partial charge in [0.1, 0.15) is 5.76 Å². The van der Waals surface area contributed by atoms with Crippen LogP contribution in [0, 0.1) is 0 Å². The summed E-state index contributed by atoms with van der Waals surface area (Å²) in [5.41, 5.74) is 0. The van der Waals surface area contributed by atoms with E-state index in [4.69, 9.17) is 4.42 Å². The summed E-state index contributed by atoms with van der Waals surface area (Å²) in [6.07, 6.45) is 6.57. The summed E-state index contributed by atoms with van der Waals surface area (Å²) < 4.78 is 5.38. The molecule has 1 fully saturated rings. The van der Waals surface area contributed by atoms with Crippen LogP contribution in [0.1, 0.15) is 31.9 Å². The van der Waals surface area contributed by atoms with Crippen molar-refractivity contribution in [2.45, 2.75) is 44.7 Å². The molecule has 0 radical (unpaired) electrons. The Balaban J connectivity index is 1.71. The first-order chi connectivity index (χ1) is 8.29. The molecule has 1 N–H and O–H groups in total. The molecular weight excluding hydrogens is 212 g/mol. The van der Waals surface area contributed by atoms with Gasteiger partial charge in [-0.2, -0.15) is 0 Å². The number of piperidine rings is 1. The van der Waals surface area contributed by atoms with Crippen molar-refractivity contribution >= 4 is 0 Å². The number of nitrogens with one attached hydrogen (secondary N) is 1. The molecule has 1 aliphatic rings. The normalized spacial score (nSPS) is 20.6.